The van der Waals surface area contributed by atoms with Crippen molar-refractivity contribution in [1.29, 1.82) is 0 Å². The lowest BCUT2D eigenvalue weighted by atomic mass is 10.1. The summed E-state index contributed by atoms with van der Waals surface area (Å²) in [4.78, 5) is 27.3. The Morgan fingerprint density at radius 3 is 2.31 bits per heavy atom. The minimum absolute atomic E-state index is 0.0810. The van der Waals surface area contributed by atoms with Gasteiger partial charge in [0.2, 0.25) is 0 Å². The summed E-state index contributed by atoms with van der Waals surface area (Å²) < 4.78 is 15.3. The van der Waals surface area contributed by atoms with Gasteiger partial charge in [0, 0.05) is 38.2 Å². The number of rotatable bonds is 5. The third kappa shape index (κ3) is 5.10. The number of carbonyl (C=O) groups is 1. The molecule has 1 fully saturated rings. The quantitative estimate of drug-likeness (QED) is 0.318. The minimum atomic E-state index is -0.348. The molecule has 0 radical (unpaired) electrons. The summed E-state index contributed by atoms with van der Waals surface area (Å²) in [6.45, 7) is 4.54. The Hall–Kier alpha value is -4.59. The van der Waals surface area contributed by atoms with Gasteiger partial charge in [-0.1, -0.05) is 48.5 Å². The van der Waals surface area contributed by atoms with Crippen LogP contribution >= 0.6 is 0 Å². The van der Waals surface area contributed by atoms with Gasteiger partial charge in [0.25, 0.3) is 5.91 Å². The van der Waals surface area contributed by atoms with E-state index in [0.29, 0.717) is 31.6 Å². The second-order valence-electron chi connectivity index (χ2n) is 9.80. The molecule has 0 unspecified atom stereocenters. The van der Waals surface area contributed by atoms with Crippen LogP contribution in [0, 0.1) is 12.7 Å². The van der Waals surface area contributed by atoms with E-state index in [4.69, 9.17) is 15.1 Å². The first-order valence-corrected chi connectivity index (χ1v) is 13.2. The van der Waals surface area contributed by atoms with Crippen molar-refractivity contribution < 1.29 is 9.18 Å². The molecule has 1 amide bonds. The largest absolute Gasteiger partial charge is 0.354 e. The lowest BCUT2D eigenvalue weighted by Gasteiger charge is -2.24. The Bertz CT molecular complexity index is 1600. The Balaban J connectivity index is 1.37. The molecule has 1 aliphatic heterocycles. The highest BCUT2D eigenvalue weighted by molar-refractivity contribution is 5.94. The number of fused-ring (bicyclic) bond motifs is 1. The monoisotopic (exact) mass is 520 g/mol. The number of carbonyl (C=O) groups excluding carboxylic acids is 1. The van der Waals surface area contributed by atoms with Crippen LogP contribution in [0.15, 0.2) is 84.9 Å². The average molecular weight is 521 g/mol. The number of anilines is 1. The number of hydrogen-bond donors (Lipinski definition) is 0. The zero-order valence-electron chi connectivity index (χ0n) is 21.8. The second kappa shape index (κ2) is 10.6. The summed E-state index contributed by atoms with van der Waals surface area (Å²) in [7, 11) is 0. The van der Waals surface area contributed by atoms with Crippen molar-refractivity contribution in [2.75, 3.05) is 31.1 Å². The van der Waals surface area contributed by atoms with Crippen LogP contribution in [-0.4, -0.2) is 56.7 Å². The predicted octanol–water partition coefficient (Wildman–Crippen LogP) is 5.21. The third-order valence-corrected chi connectivity index (χ3v) is 7.11. The number of benzene rings is 3. The normalized spacial score (nSPS) is 14.0. The van der Waals surface area contributed by atoms with Crippen molar-refractivity contribution in [3.63, 3.8) is 0 Å². The highest BCUT2D eigenvalue weighted by Gasteiger charge is 2.25. The van der Waals surface area contributed by atoms with Crippen molar-refractivity contribution in [3.05, 3.63) is 113 Å². The smallest absolute Gasteiger partial charge is 0.253 e. The fourth-order valence-electron chi connectivity index (χ4n) is 5.15. The van der Waals surface area contributed by atoms with Gasteiger partial charge in [0.15, 0.2) is 5.65 Å². The lowest BCUT2D eigenvalue weighted by Crippen LogP contribution is -2.35. The Morgan fingerprint density at radius 2 is 1.56 bits per heavy atom. The van der Waals surface area contributed by atoms with Gasteiger partial charge in [0.1, 0.15) is 17.5 Å². The fourth-order valence-corrected chi connectivity index (χ4v) is 5.15. The Kier molecular flexibility index (Phi) is 6.75. The molecule has 0 N–H and O–H groups in total. The van der Waals surface area contributed by atoms with Crippen LogP contribution in [0.25, 0.3) is 16.7 Å². The molecule has 39 heavy (non-hydrogen) atoms. The molecule has 8 heteroatoms. The molecule has 7 nitrogen and oxygen atoms in total. The summed E-state index contributed by atoms with van der Waals surface area (Å²) in [5, 5.41) is 5.79. The van der Waals surface area contributed by atoms with E-state index < -0.39 is 0 Å². The maximum absolute atomic E-state index is 13.4. The first-order valence-electron chi connectivity index (χ1n) is 13.2. The molecular weight excluding hydrogens is 491 g/mol. The van der Waals surface area contributed by atoms with Gasteiger partial charge in [-0.15, -0.1) is 0 Å². The van der Waals surface area contributed by atoms with Crippen LogP contribution < -0.4 is 4.90 Å². The van der Waals surface area contributed by atoms with Crippen molar-refractivity contribution in [1.82, 2.24) is 24.6 Å². The number of amides is 1. The minimum Gasteiger partial charge on any atom is -0.354 e. The molecule has 0 spiro atoms. The lowest BCUT2D eigenvalue weighted by molar-refractivity contribution is 0.0767. The Labute approximate surface area is 226 Å². The first-order chi connectivity index (χ1) is 19.1. The van der Waals surface area contributed by atoms with E-state index >= 15 is 0 Å². The van der Waals surface area contributed by atoms with Crippen LogP contribution in [0.3, 0.4) is 0 Å². The van der Waals surface area contributed by atoms with Crippen molar-refractivity contribution >= 4 is 22.8 Å². The fraction of sp³-hybridized carbons (Fsp3) is 0.226. The third-order valence-electron chi connectivity index (χ3n) is 7.11. The van der Waals surface area contributed by atoms with Gasteiger partial charge in [-0.2, -0.15) is 5.10 Å². The van der Waals surface area contributed by atoms with Crippen molar-refractivity contribution in [2.24, 2.45) is 0 Å². The van der Waals surface area contributed by atoms with E-state index in [9.17, 15) is 9.18 Å². The molecule has 0 saturated carbocycles. The molecular formula is C31H29FN6O. The zero-order chi connectivity index (χ0) is 26.8. The average Bonchev–Trinajstić information content (AvgIpc) is 3.13. The van der Waals surface area contributed by atoms with Gasteiger partial charge in [-0.3, -0.25) is 4.79 Å². The van der Waals surface area contributed by atoms with Crippen molar-refractivity contribution in [3.8, 4) is 5.69 Å². The van der Waals surface area contributed by atoms with Crippen molar-refractivity contribution in [2.45, 2.75) is 19.8 Å². The number of nitrogens with zero attached hydrogens (tertiary/aromatic N) is 6. The van der Waals surface area contributed by atoms with E-state index in [0.717, 1.165) is 52.6 Å². The molecule has 1 aliphatic rings. The van der Waals surface area contributed by atoms with Crippen LogP contribution in [0.4, 0.5) is 10.2 Å². The molecule has 0 atom stereocenters. The summed E-state index contributed by atoms with van der Waals surface area (Å²) in [5.41, 5.74) is 4.21. The highest BCUT2D eigenvalue weighted by atomic mass is 19.1. The second-order valence-corrected chi connectivity index (χ2v) is 9.80. The van der Waals surface area contributed by atoms with Crippen LogP contribution in [-0.2, 0) is 6.42 Å². The molecule has 5 aromatic rings. The number of aromatic nitrogens is 4. The van der Waals surface area contributed by atoms with Gasteiger partial charge < -0.3 is 9.80 Å². The number of hydrogen-bond acceptors (Lipinski definition) is 5. The van der Waals surface area contributed by atoms with Gasteiger partial charge >= 0.3 is 0 Å². The summed E-state index contributed by atoms with van der Waals surface area (Å²) in [6, 6.07) is 26.0. The van der Waals surface area contributed by atoms with E-state index in [1.807, 2.05) is 65.0 Å². The topological polar surface area (TPSA) is 67.2 Å². The van der Waals surface area contributed by atoms with E-state index in [-0.39, 0.29) is 11.7 Å². The molecule has 3 aromatic carbocycles. The van der Waals surface area contributed by atoms with E-state index in [2.05, 4.69) is 17.0 Å². The molecule has 0 bridgehead atoms. The zero-order valence-corrected chi connectivity index (χ0v) is 21.8. The molecule has 6 rings (SSSR count). The molecule has 0 aliphatic carbocycles. The molecule has 1 saturated heterocycles. The number of aryl methyl sites for hydroxylation is 1. The standard InChI is InChI=1S/C31H29FN6O/c1-22-28-29(36-17-8-18-37(20-19-36)31(39)24-13-15-25(32)16-14-24)33-27(21-23-9-4-2-5-10-23)34-30(28)38(35-22)26-11-6-3-7-12-26/h2-7,9-16H,8,17-21H2,1H3. The van der Waals surface area contributed by atoms with E-state index in [1.54, 1.807) is 12.1 Å². The first kappa shape index (κ1) is 24.7. The molecule has 196 valence electrons. The maximum atomic E-state index is 13.4. The number of para-hydroxylation sites is 1. The highest BCUT2D eigenvalue weighted by Crippen LogP contribution is 2.30. The van der Waals surface area contributed by atoms with Gasteiger partial charge in [-0.05, 0) is 55.3 Å². The van der Waals surface area contributed by atoms with Crippen LogP contribution in [0.5, 0.6) is 0 Å². The van der Waals surface area contributed by atoms with Gasteiger partial charge in [-0.25, -0.2) is 19.0 Å². The summed E-state index contributed by atoms with van der Waals surface area (Å²) >= 11 is 0. The Morgan fingerprint density at radius 1 is 0.846 bits per heavy atom. The van der Waals surface area contributed by atoms with Crippen LogP contribution in [0.2, 0.25) is 0 Å². The van der Waals surface area contributed by atoms with Gasteiger partial charge in [0.05, 0.1) is 16.8 Å². The number of halogens is 1. The summed E-state index contributed by atoms with van der Waals surface area (Å²) in [5.74, 6) is 1.15. The molecule has 3 heterocycles. The predicted molar refractivity (Wildman–Crippen MR) is 150 cm³/mol. The summed E-state index contributed by atoms with van der Waals surface area (Å²) in [6.07, 6.45) is 1.39. The SMILES string of the molecule is Cc1nn(-c2ccccc2)c2nc(Cc3ccccc3)nc(N3CCCN(C(=O)c4ccc(F)cc4)CC3)c12. The maximum Gasteiger partial charge on any atom is 0.253 e. The van der Waals surface area contributed by atoms with Crippen LogP contribution in [0.1, 0.15) is 33.9 Å². The van der Waals surface area contributed by atoms with E-state index in [1.165, 1.54) is 12.1 Å². The molecule has 2 aromatic heterocycles.